The first kappa shape index (κ1) is 35.2. The molecule has 2 N–H and O–H groups in total. The third-order valence-corrected chi connectivity index (χ3v) is 8.61. The van der Waals surface area contributed by atoms with E-state index >= 15 is 0 Å². The van der Waals surface area contributed by atoms with Crippen LogP contribution in [0.5, 0.6) is 0 Å². The number of cyclic esters (lactones) is 1. The summed E-state index contributed by atoms with van der Waals surface area (Å²) >= 11 is 0. The third-order valence-electron chi connectivity index (χ3n) is 8.61. The predicted molar refractivity (Wildman–Crippen MR) is 166 cm³/mol. The number of hydrogen-bond donors (Lipinski definition) is 2. The summed E-state index contributed by atoms with van der Waals surface area (Å²) in [6.45, 7) is 19.9. The van der Waals surface area contributed by atoms with Crippen LogP contribution in [0.25, 0.3) is 0 Å². The molecular formula is C35H56O6. The summed E-state index contributed by atoms with van der Waals surface area (Å²) in [6.07, 6.45) is 17.8. The standard InChI is InChI=1S/C35H56O6/c1-10-11-14-26(5)34-28(7)30(36)20-17-23(2)21-27(6)33(38)25(4)18-19-29-22-31(41-35(8,9)40-29)24(3)15-12-13-16-32(37)39-34/h10-16,18-19,23-31,33-34,36,38H,1,17,20-22H2,2-9H3/b14-11-,15-12+,16-13-,19-18-/t23-,24+,25-,26-,27-,28-,29+,30+,31-,33-,34-/m0/s1. The van der Waals surface area contributed by atoms with E-state index in [1.807, 2.05) is 52.0 Å². The quantitative estimate of drug-likeness (QED) is 0.216. The monoisotopic (exact) mass is 572 g/mol. The lowest BCUT2D eigenvalue weighted by Gasteiger charge is -2.41. The molecule has 2 bridgehead atoms. The Morgan fingerprint density at radius 2 is 1.68 bits per heavy atom. The molecule has 0 saturated carbocycles. The van der Waals surface area contributed by atoms with Gasteiger partial charge in [0.15, 0.2) is 5.79 Å². The molecule has 232 valence electrons. The second-order valence-corrected chi connectivity index (χ2v) is 13.0. The van der Waals surface area contributed by atoms with Crippen LogP contribution in [0, 0.1) is 35.5 Å². The lowest BCUT2D eigenvalue weighted by molar-refractivity contribution is -0.295. The predicted octanol–water partition coefficient (Wildman–Crippen LogP) is 6.94. The van der Waals surface area contributed by atoms with Crippen molar-refractivity contribution >= 4 is 5.97 Å². The van der Waals surface area contributed by atoms with Crippen molar-refractivity contribution in [2.24, 2.45) is 35.5 Å². The zero-order valence-electron chi connectivity index (χ0n) is 26.6. The Morgan fingerprint density at radius 3 is 2.37 bits per heavy atom. The first-order valence-corrected chi connectivity index (χ1v) is 15.5. The number of rotatable bonds is 3. The second kappa shape index (κ2) is 16.6. The number of carbonyl (C=O) groups is 1. The highest BCUT2D eigenvalue weighted by Gasteiger charge is 2.36. The van der Waals surface area contributed by atoms with Crippen LogP contribution >= 0.6 is 0 Å². The molecule has 0 spiro atoms. The van der Waals surface area contributed by atoms with Crippen LogP contribution in [-0.2, 0) is 19.0 Å². The molecule has 2 rings (SSSR count). The van der Waals surface area contributed by atoms with Crippen molar-refractivity contribution in [3.63, 3.8) is 0 Å². The Kier molecular flexibility index (Phi) is 14.3. The van der Waals surface area contributed by atoms with Gasteiger partial charge in [0.25, 0.3) is 0 Å². The van der Waals surface area contributed by atoms with E-state index in [4.69, 9.17) is 14.2 Å². The van der Waals surface area contributed by atoms with E-state index in [2.05, 4.69) is 46.4 Å². The minimum atomic E-state index is -0.731. The van der Waals surface area contributed by atoms with Crippen molar-refractivity contribution in [2.75, 3.05) is 0 Å². The molecule has 0 unspecified atom stereocenters. The number of carbonyl (C=O) groups excluding carboxylic acids is 1. The molecule has 0 amide bonds. The van der Waals surface area contributed by atoms with Crippen molar-refractivity contribution in [3.05, 3.63) is 61.3 Å². The van der Waals surface area contributed by atoms with Gasteiger partial charge in [0.05, 0.1) is 24.4 Å². The van der Waals surface area contributed by atoms with Crippen molar-refractivity contribution in [2.45, 2.75) is 117 Å². The van der Waals surface area contributed by atoms with E-state index < -0.39 is 30.1 Å². The summed E-state index contributed by atoms with van der Waals surface area (Å²) in [4.78, 5) is 12.8. The molecule has 1 fully saturated rings. The van der Waals surface area contributed by atoms with Crippen LogP contribution in [0.15, 0.2) is 61.3 Å². The van der Waals surface area contributed by atoms with Crippen LogP contribution in [0.3, 0.4) is 0 Å². The zero-order valence-corrected chi connectivity index (χ0v) is 26.6. The minimum absolute atomic E-state index is 0.0170. The fourth-order valence-electron chi connectivity index (χ4n) is 6.01. The molecule has 0 radical (unpaired) electrons. The summed E-state index contributed by atoms with van der Waals surface area (Å²) in [5.74, 6) is -1.02. The molecule has 2 heterocycles. The Hall–Kier alpha value is -1.99. The topological polar surface area (TPSA) is 85.2 Å². The first-order chi connectivity index (χ1) is 19.2. The van der Waals surface area contributed by atoms with Gasteiger partial charge in [-0.1, -0.05) is 96.7 Å². The van der Waals surface area contributed by atoms with Gasteiger partial charge in [-0.25, -0.2) is 4.79 Å². The fraction of sp³-hybridized carbons (Fsp3) is 0.686. The number of fused-ring (bicyclic) bond motifs is 2. The summed E-state index contributed by atoms with van der Waals surface area (Å²) in [7, 11) is 0. The number of allylic oxidation sites excluding steroid dienone is 4. The highest BCUT2D eigenvalue weighted by atomic mass is 16.7. The number of esters is 1. The molecule has 0 aromatic heterocycles. The van der Waals surface area contributed by atoms with E-state index in [1.54, 1.807) is 12.2 Å². The Bertz CT molecular complexity index is 933. The van der Waals surface area contributed by atoms with E-state index in [-0.39, 0.29) is 41.8 Å². The lowest BCUT2D eigenvalue weighted by Crippen LogP contribution is -2.46. The van der Waals surface area contributed by atoms with Crippen LogP contribution < -0.4 is 0 Å². The first-order valence-electron chi connectivity index (χ1n) is 15.5. The average molecular weight is 573 g/mol. The number of aliphatic hydroxyl groups is 2. The lowest BCUT2D eigenvalue weighted by atomic mass is 9.82. The molecule has 2 aliphatic rings. The average Bonchev–Trinajstić information content (AvgIpc) is 2.91. The summed E-state index contributed by atoms with van der Waals surface area (Å²) in [6, 6.07) is 0. The molecule has 0 aliphatic carbocycles. The Morgan fingerprint density at radius 1 is 0.976 bits per heavy atom. The van der Waals surface area contributed by atoms with Crippen molar-refractivity contribution in [1.82, 2.24) is 0 Å². The van der Waals surface area contributed by atoms with Crippen molar-refractivity contribution in [1.29, 1.82) is 0 Å². The van der Waals surface area contributed by atoms with Gasteiger partial charge in [-0.05, 0) is 44.9 Å². The molecule has 2 aliphatic heterocycles. The molecule has 6 heteroatoms. The van der Waals surface area contributed by atoms with Crippen LogP contribution in [0.4, 0.5) is 0 Å². The van der Waals surface area contributed by atoms with Gasteiger partial charge >= 0.3 is 5.97 Å². The van der Waals surface area contributed by atoms with Gasteiger partial charge < -0.3 is 24.4 Å². The van der Waals surface area contributed by atoms with E-state index in [0.717, 1.165) is 12.8 Å². The summed E-state index contributed by atoms with van der Waals surface area (Å²) in [5, 5.41) is 22.2. The molecular weight excluding hydrogens is 516 g/mol. The third kappa shape index (κ3) is 11.7. The summed E-state index contributed by atoms with van der Waals surface area (Å²) in [5.41, 5.74) is 0. The minimum Gasteiger partial charge on any atom is -0.458 e. The summed E-state index contributed by atoms with van der Waals surface area (Å²) < 4.78 is 18.3. The Labute approximate surface area is 249 Å². The molecule has 0 aromatic rings. The van der Waals surface area contributed by atoms with E-state index in [1.165, 1.54) is 6.08 Å². The Balaban J connectivity index is 2.33. The van der Waals surface area contributed by atoms with Gasteiger partial charge in [0, 0.05) is 36.2 Å². The van der Waals surface area contributed by atoms with Gasteiger partial charge in [-0.15, -0.1) is 0 Å². The smallest absolute Gasteiger partial charge is 0.331 e. The zero-order chi connectivity index (χ0) is 30.7. The highest BCUT2D eigenvalue weighted by molar-refractivity contribution is 5.82. The van der Waals surface area contributed by atoms with Crippen LogP contribution in [-0.4, -0.2) is 52.5 Å². The molecule has 6 nitrogen and oxygen atoms in total. The molecule has 0 aromatic carbocycles. The van der Waals surface area contributed by atoms with E-state index in [0.29, 0.717) is 18.8 Å². The largest absolute Gasteiger partial charge is 0.458 e. The van der Waals surface area contributed by atoms with Gasteiger partial charge in [0.2, 0.25) is 0 Å². The normalized spacial score (nSPS) is 41.3. The van der Waals surface area contributed by atoms with Crippen molar-refractivity contribution < 1.29 is 29.2 Å². The SMILES string of the molecule is C=C/C=C\[C@H](C)[C@@H]1OC(=O)/C=C\C=C\[C@@H](C)[C@@H]2C[C@@H](/C=C\[C@H](C)[C@H](O)[C@@H](C)C[C@@H](C)CC[C@@H](O)[C@@H]1C)OC(C)(C)O2. The molecule has 1 saturated heterocycles. The molecule has 11 atom stereocenters. The van der Waals surface area contributed by atoms with E-state index in [9.17, 15) is 15.0 Å². The highest BCUT2D eigenvalue weighted by Crippen LogP contribution is 2.33. The van der Waals surface area contributed by atoms with Gasteiger partial charge in [-0.2, -0.15) is 0 Å². The maximum absolute atomic E-state index is 12.8. The van der Waals surface area contributed by atoms with Crippen LogP contribution in [0.1, 0.15) is 81.1 Å². The number of aliphatic hydroxyl groups excluding tert-OH is 2. The van der Waals surface area contributed by atoms with Gasteiger partial charge in [0.1, 0.15) is 6.10 Å². The van der Waals surface area contributed by atoms with Crippen molar-refractivity contribution in [3.8, 4) is 0 Å². The van der Waals surface area contributed by atoms with Gasteiger partial charge in [-0.3, -0.25) is 0 Å². The van der Waals surface area contributed by atoms with Crippen LogP contribution in [0.2, 0.25) is 0 Å². The molecule has 41 heavy (non-hydrogen) atoms. The second-order valence-electron chi connectivity index (χ2n) is 13.0. The number of ether oxygens (including phenoxy) is 3. The maximum Gasteiger partial charge on any atom is 0.331 e. The maximum atomic E-state index is 12.8. The number of hydrogen-bond acceptors (Lipinski definition) is 6. The fourth-order valence-corrected chi connectivity index (χ4v) is 6.01.